The Morgan fingerprint density at radius 1 is 1.53 bits per heavy atom. The van der Waals surface area contributed by atoms with Crippen LogP contribution in [0.15, 0.2) is 18.2 Å². The Hall–Kier alpha value is -1.13. The van der Waals surface area contributed by atoms with Gasteiger partial charge in [0.15, 0.2) is 0 Å². The second-order valence-corrected chi connectivity index (χ2v) is 4.71. The maximum absolute atomic E-state index is 13.6. The minimum absolute atomic E-state index is 0.148. The van der Waals surface area contributed by atoms with E-state index in [9.17, 15) is 9.18 Å². The summed E-state index contributed by atoms with van der Waals surface area (Å²) in [6, 6.07) is 4.92. The van der Waals surface area contributed by atoms with Crippen molar-refractivity contribution in [3.63, 3.8) is 0 Å². The van der Waals surface area contributed by atoms with Gasteiger partial charge in [0.2, 0.25) is 5.91 Å². The zero-order chi connectivity index (χ0) is 12.4. The fourth-order valence-electron chi connectivity index (χ4n) is 1.84. The molecule has 2 N–H and O–H groups in total. The molecular formula is C12H14ClFN2O. The SMILES string of the molecule is NC(=O)CN(Cc1c(F)cccc1Cl)C1CC1. The van der Waals surface area contributed by atoms with Gasteiger partial charge in [0.05, 0.1) is 6.54 Å². The molecule has 92 valence electrons. The van der Waals surface area contributed by atoms with Crippen LogP contribution >= 0.6 is 11.6 Å². The van der Waals surface area contributed by atoms with Crippen molar-refractivity contribution in [3.8, 4) is 0 Å². The molecule has 1 saturated carbocycles. The third-order valence-corrected chi connectivity index (χ3v) is 3.20. The van der Waals surface area contributed by atoms with Crippen LogP contribution in [0, 0.1) is 5.82 Å². The first-order valence-electron chi connectivity index (χ1n) is 5.53. The van der Waals surface area contributed by atoms with E-state index in [2.05, 4.69) is 0 Å². The lowest BCUT2D eigenvalue weighted by atomic mass is 10.2. The van der Waals surface area contributed by atoms with Crippen LogP contribution in [0.25, 0.3) is 0 Å². The minimum Gasteiger partial charge on any atom is -0.369 e. The standard InChI is InChI=1S/C12H14ClFN2O/c13-10-2-1-3-11(14)9(10)6-16(7-12(15)17)8-4-5-8/h1-3,8H,4-7H2,(H2,15,17). The molecule has 0 unspecified atom stereocenters. The lowest BCUT2D eigenvalue weighted by Crippen LogP contribution is -2.35. The number of carbonyl (C=O) groups excluding carboxylic acids is 1. The fourth-order valence-corrected chi connectivity index (χ4v) is 2.06. The third kappa shape index (κ3) is 3.17. The quantitative estimate of drug-likeness (QED) is 0.875. The molecule has 2 rings (SSSR count). The largest absolute Gasteiger partial charge is 0.369 e. The van der Waals surface area contributed by atoms with Crippen LogP contribution in [-0.4, -0.2) is 23.4 Å². The van der Waals surface area contributed by atoms with Gasteiger partial charge in [-0.15, -0.1) is 0 Å². The Balaban J connectivity index is 2.14. The van der Waals surface area contributed by atoms with Crippen molar-refractivity contribution in [1.82, 2.24) is 4.90 Å². The minimum atomic E-state index is -0.399. The van der Waals surface area contributed by atoms with Crippen LogP contribution < -0.4 is 5.73 Å². The van der Waals surface area contributed by atoms with Gasteiger partial charge in [-0.2, -0.15) is 0 Å². The molecule has 0 bridgehead atoms. The Morgan fingerprint density at radius 3 is 2.76 bits per heavy atom. The fraction of sp³-hybridized carbons (Fsp3) is 0.417. The first-order valence-corrected chi connectivity index (χ1v) is 5.91. The van der Waals surface area contributed by atoms with Gasteiger partial charge in [-0.3, -0.25) is 9.69 Å². The summed E-state index contributed by atoms with van der Waals surface area (Å²) in [5, 5.41) is 0.389. The molecule has 0 aliphatic heterocycles. The van der Waals surface area contributed by atoms with E-state index in [1.54, 1.807) is 12.1 Å². The van der Waals surface area contributed by atoms with Crippen molar-refractivity contribution >= 4 is 17.5 Å². The van der Waals surface area contributed by atoms with Crippen LogP contribution in [0.5, 0.6) is 0 Å². The molecule has 1 aliphatic carbocycles. The Bertz CT molecular complexity index is 414. The average molecular weight is 257 g/mol. The summed E-state index contributed by atoms with van der Waals surface area (Å²) in [6.45, 7) is 0.481. The van der Waals surface area contributed by atoms with Gasteiger partial charge in [0.1, 0.15) is 5.82 Å². The maximum atomic E-state index is 13.6. The van der Waals surface area contributed by atoms with Crippen molar-refractivity contribution in [2.24, 2.45) is 5.73 Å². The number of nitrogens with zero attached hydrogens (tertiary/aromatic N) is 1. The van der Waals surface area contributed by atoms with Crippen molar-refractivity contribution in [1.29, 1.82) is 0 Å². The summed E-state index contributed by atoms with van der Waals surface area (Å²) in [6.07, 6.45) is 2.05. The second-order valence-electron chi connectivity index (χ2n) is 4.30. The van der Waals surface area contributed by atoms with Crippen LogP contribution in [-0.2, 0) is 11.3 Å². The van der Waals surface area contributed by atoms with Crippen molar-refractivity contribution in [3.05, 3.63) is 34.6 Å². The van der Waals surface area contributed by atoms with Gasteiger partial charge in [-0.1, -0.05) is 17.7 Å². The zero-order valence-electron chi connectivity index (χ0n) is 9.33. The van der Waals surface area contributed by atoms with E-state index in [0.717, 1.165) is 12.8 Å². The number of carbonyl (C=O) groups is 1. The molecular weight excluding hydrogens is 243 g/mol. The molecule has 1 aromatic rings. The number of primary amides is 1. The van der Waals surface area contributed by atoms with Gasteiger partial charge < -0.3 is 5.73 Å². The topological polar surface area (TPSA) is 46.3 Å². The maximum Gasteiger partial charge on any atom is 0.231 e. The van der Waals surface area contributed by atoms with E-state index in [4.69, 9.17) is 17.3 Å². The summed E-state index contributed by atoms with van der Waals surface area (Å²) in [5.74, 6) is -0.739. The van der Waals surface area contributed by atoms with E-state index >= 15 is 0 Å². The Morgan fingerprint density at radius 2 is 2.24 bits per heavy atom. The highest BCUT2D eigenvalue weighted by atomic mass is 35.5. The average Bonchev–Trinajstić information content (AvgIpc) is 3.05. The lowest BCUT2D eigenvalue weighted by molar-refractivity contribution is -0.119. The third-order valence-electron chi connectivity index (χ3n) is 2.85. The highest BCUT2D eigenvalue weighted by molar-refractivity contribution is 6.31. The van der Waals surface area contributed by atoms with E-state index in [1.807, 2.05) is 4.90 Å². The predicted molar refractivity (Wildman–Crippen MR) is 64.0 cm³/mol. The van der Waals surface area contributed by atoms with Gasteiger partial charge in [-0.25, -0.2) is 4.39 Å². The predicted octanol–water partition coefficient (Wildman–Crippen LogP) is 1.93. The molecule has 0 atom stereocenters. The number of halogens is 2. The molecule has 1 aliphatic rings. The van der Waals surface area contributed by atoms with E-state index in [0.29, 0.717) is 23.2 Å². The van der Waals surface area contributed by atoms with Gasteiger partial charge in [0.25, 0.3) is 0 Å². The summed E-state index contributed by atoms with van der Waals surface area (Å²) in [7, 11) is 0. The Labute approximate surface area is 104 Å². The monoisotopic (exact) mass is 256 g/mol. The first-order chi connectivity index (χ1) is 8.08. The molecule has 1 amide bonds. The lowest BCUT2D eigenvalue weighted by Gasteiger charge is -2.21. The number of nitrogens with two attached hydrogens (primary N) is 1. The van der Waals surface area contributed by atoms with Crippen LogP contribution in [0.1, 0.15) is 18.4 Å². The summed E-state index contributed by atoms with van der Waals surface area (Å²) in [5.41, 5.74) is 5.61. The number of rotatable bonds is 5. The van der Waals surface area contributed by atoms with Crippen molar-refractivity contribution < 1.29 is 9.18 Å². The highest BCUT2D eigenvalue weighted by Gasteiger charge is 2.30. The molecule has 17 heavy (non-hydrogen) atoms. The number of benzene rings is 1. The molecule has 0 aromatic heterocycles. The molecule has 0 spiro atoms. The number of hydrogen-bond donors (Lipinski definition) is 1. The smallest absolute Gasteiger partial charge is 0.231 e. The summed E-state index contributed by atoms with van der Waals surface area (Å²) in [4.78, 5) is 12.8. The van der Waals surface area contributed by atoms with Gasteiger partial charge in [0, 0.05) is 23.2 Å². The van der Waals surface area contributed by atoms with E-state index in [-0.39, 0.29) is 12.4 Å². The van der Waals surface area contributed by atoms with Crippen molar-refractivity contribution in [2.45, 2.75) is 25.4 Å². The molecule has 3 nitrogen and oxygen atoms in total. The van der Waals surface area contributed by atoms with Crippen LogP contribution in [0.4, 0.5) is 4.39 Å². The summed E-state index contributed by atoms with van der Waals surface area (Å²) < 4.78 is 13.6. The Kier molecular flexibility index (Phi) is 3.64. The van der Waals surface area contributed by atoms with Crippen molar-refractivity contribution in [2.75, 3.05) is 6.54 Å². The zero-order valence-corrected chi connectivity index (χ0v) is 10.1. The van der Waals surface area contributed by atoms with Gasteiger partial charge >= 0.3 is 0 Å². The molecule has 0 heterocycles. The number of amides is 1. The summed E-state index contributed by atoms with van der Waals surface area (Å²) >= 11 is 5.95. The van der Waals surface area contributed by atoms with E-state index < -0.39 is 5.91 Å². The molecule has 5 heteroatoms. The number of hydrogen-bond acceptors (Lipinski definition) is 2. The molecule has 1 fully saturated rings. The van der Waals surface area contributed by atoms with Crippen LogP contribution in [0.3, 0.4) is 0 Å². The highest BCUT2D eigenvalue weighted by Crippen LogP contribution is 2.30. The van der Waals surface area contributed by atoms with Crippen LogP contribution in [0.2, 0.25) is 5.02 Å². The molecule has 0 radical (unpaired) electrons. The van der Waals surface area contributed by atoms with Gasteiger partial charge in [-0.05, 0) is 25.0 Å². The second kappa shape index (κ2) is 5.02. The first kappa shape index (κ1) is 12.3. The molecule has 0 saturated heterocycles. The molecule has 1 aromatic carbocycles. The normalized spacial score (nSPS) is 15.2. The van der Waals surface area contributed by atoms with E-state index in [1.165, 1.54) is 6.07 Å².